The summed E-state index contributed by atoms with van der Waals surface area (Å²) in [5, 5.41) is 17.0. The summed E-state index contributed by atoms with van der Waals surface area (Å²) >= 11 is 0. The number of hydrazone groups is 1. The van der Waals surface area contributed by atoms with Crippen molar-refractivity contribution in [3.05, 3.63) is 76.1 Å². The third-order valence-corrected chi connectivity index (χ3v) is 6.30. The van der Waals surface area contributed by atoms with Crippen LogP contribution >= 0.6 is 0 Å². The summed E-state index contributed by atoms with van der Waals surface area (Å²) in [4.78, 5) is 52.2. The third-order valence-electron chi connectivity index (χ3n) is 6.30. The molecule has 0 radical (unpaired) electrons. The lowest BCUT2D eigenvalue weighted by molar-refractivity contribution is -0.384. The van der Waals surface area contributed by atoms with Gasteiger partial charge >= 0.3 is 0 Å². The number of methoxy groups -OCH3 is 1. The number of benzene rings is 2. The van der Waals surface area contributed by atoms with Crippen molar-refractivity contribution < 1.29 is 28.4 Å². The van der Waals surface area contributed by atoms with E-state index in [0.29, 0.717) is 0 Å². The molecule has 2 aromatic rings. The van der Waals surface area contributed by atoms with E-state index in [-0.39, 0.29) is 22.7 Å². The topological polar surface area (TPSA) is 122 Å². The third kappa shape index (κ3) is 3.08. The summed E-state index contributed by atoms with van der Waals surface area (Å²) in [7, 11) is 1.32. The first-order valence-corrected chi connectivity index (χ1v) is 10.3. The van der Waals surface area contributed by atoms with Crippen LogP contribution in [-0.4, -0.2) is 52.9 Å². The van der Waals surface area contributed by atoms with E-state index in [0.717, 1.165) is 23.1 Å². The number of halogens is 1. The van der Waals surface area contributed by atoms with Crippen LogP contribution in [0.15, 0.2) is 59.7 Å². The minimum absolute atomic E-state index is 0.0658. The molecule has 34 heavy (non-hydrogen) atoms. The van der Waals surface area contributed by atoms with Crippen LogP contribution < -0.4 is 9.64 Å². The molecule has 2 amide bonds. The Kier molecular flexibility index (Phi) is 4.96. The molecule has 5 rings (SSSR count). The smallest absolute Gasteiger partial charge is 0.271 e. The number of amides is 2. The van der Waals surface area contributed by atoms with Gasteiger partial charge in [-0.2, -0.15) is 5.10 Å². The van der Waals surface area contributed by atoms with E-state index in [1.807, 2.05) is 0 Å². The number of ketones is 1. The van der Waals surface area contributed by atoms with Crippen molar-refractivity contribution in [2.75, 3.05) is 12.0 Å². The highest BCUT2D eigenvalue weighted by molar-refractivity contribution is 6.25. The fourth-order valence-electron chi connectivity index (χ4n) is 4.83. The number of hydrogen-bond acceptors (Lipinski definition) is 8. The number of imide groups is 1. The van der Waals surface area contributed by atoms with Gasteiger partial charge in [0.2, 0.25) is 11.8 Å². The number of allylic oxidation sites excluding steroid dienone is 1. The highest BCUT2D eigenvalue weighted by Gasteiger charge is 2.64. The van der Waals surface area contributed by atoms with E-state index in [2.05, 4.69) is 5.10 Å². The van der Waals surface area contributed by atoms with E-state index in [4.69, 9.17) is 4.74 Å². The van der Waals surface area contributed by atoms with E-state index in [1.165, 1.54) is 42.6 Å². The number of rotatable bonds is 5. The van der Waals surface area contributed by atoms with Crippen molar-refractivity contribution in [3.8, 4) is 5.75 Å². The Bertz CT molecular complexity index is 1290. The first-order chi connectivity index (χ1) is 16.3. The van der Waals surface area contributed by atoms with Gasteiger partial charge in [-0.25, -0.2) is 9.29 Å². The zero-order valence-electron chi connectivity index (χ0n) is 17.7. The SMILES string of the molecule is COc1ccc([N+](=O)[O-])cc1N1C(=O)[C@@H]2[C@H](C1=O)[C@H](C(=O)c1ccc(F)cc1)N1N=CC=C[C@H]21. The van der Waals surface area contributed by atoms with Gasteiger partial charge in [0.25, 0.3) is 5.69 Å². The van der Waals surface area contributed by atoms with Crippen molar-refractivity contribution in [2.24, 2.45) is 16.9 Å². The van der Waals surface area contributed by atoms with Crippen LogP contribution in [0.2, 0.25) is 0 Å². The molecular weight excluding hydrogens is 447 g/mol. The summed E-state index contributed by atoms with van der Waals surface area (Å²) in [5.74, 6) is -4.25. The number of anilines is 1. The molecule has 2 saturated heterocycles. The van der Waals surface area contributed by atoms with Crippen molar-refractivity contribution in [1.82, 2.24) is 5.01 Å². The van der Waals surface area contributed by atoms with Gasteiger partial charge < -0.3 is 4.74 Å². The number of non-ortho nitro benzene ring substituents is 1. The molecule has 0 unspecified atom stereocenters. The Labute approximate surface area is 192 Å². The summed E-state index contributed by atoms with van der Waals surface area (Å²) in [6.45, 7) is 0. The zero-order chi connectivity index (χ0) is 24.1. The Morgan fingerprint density at radius 1 is 1.12 bits per heavy atom. The molecule has 2 aromatic carbocycles. The Balaban J connectivity index is 1.60. The van der Waals surface area contributed by atoms with Gasteiger partial charge in [0.1, 0.15) is 23.3 Å². The zero-order valence-corrected chi connectivity index (χ0v) is 17.7. The van der Waals surface area contributed by atoms with Crippen molar-refractivity contribution in [3.63, 3.8) is 0 Å². The lowest BCUT2D eigenvalue weighted by Gasteiger charge is -2.30. The largest absolute Gasteiger partial charge is 0.495 e. The van der Waals surface area contributed by atoms with Crippen LogP contribution in [-0.2, 0) is 9.59 Å². The first-order valence-electron chi connectivity index (χ1n) is 10.3. The standard InChI is InChI=1S/C23H17FN4O6/c1-34-17-9-8-14(28(32)33)11-16(17)26-22(30)18-15-3-2-10-25-27(15)20(19(18)23(26)31)21(29)12-4-6-13(24)7-5-12/h2-11,15,18-20H,1H3/t15-,18+,19+,20-/m1/s1. The van der Waals surface area contributed by atoms with E-state index < -0.39 is 52.3 Å². The Hall–Kier alpha value is -4.41. The van der Waals surface area contributed by atoms with Crippen LogP contribution in [0.25, 0.3) is 0 Å². The van der Waals surface area contributed by atoms with Crippen molar-refractivity contribution >= 4 is 35.2 Å². The average Bonchev–Trinajstić information content (AvgIpc) is 3.31. The molecule has 4 atom stereocenters. The number of nitro groups is 1. The van der Waals surface area contributed by atoms with Crippen LogP contribution in [0.5, 0.6) is 5.75 Å². The van der Waals surface area contributed by atoms with Crippen LogP contribution in [0, 0.1) is 27.8 Å². The number of nitrogens with zero attached hydrogens (tertiary/aromatic N) is 4. The normalized spacial score (nSPS) is 24.9. The van der Waals surface area contributed by atoms with Gasteiger partial charge in [0, 0.05) is 23.9 Å². The quantitative estimate of drug-likeness (QED) is 0.288. The number of carbonyl (C=O) groups excluding carboxylic acids is 3. The van der Waals surface area contributed by atoms with Gasteiger partial charge in [-0.05, 0) is 36.4 Å². The van der Waals surface area contributed by atoms with Crippen LogP contribution in [0.1, 0.15) is 10.4 Å². The predicted octanol–water partition coefficient (Wildman–Crippen LogP) is 2.34. The Morgan fingerprint density at radius 2 is 1.82 bits per heavy atom. The van der Waals surface area contributed by atoms with Gasteiger partial charge in [0.05, 0.1) is 29.9 Å². The second-order valence-corrected chi connectivity index (χ2v) is 8.01. The summed E-state index contributed by atoms with van der Waals surface area (Å²) in [5.41, 5.74) is -0.220. The lowest BCUT2D eigenvalue weighted by Crippen LogP contribution is -2.46. The first kappa shape index (κ1) is 21.4. The fraction of sp³-hybridized carbons (Fsp3) is 0.217. The van der Waals surface area contributed by atoms with Crippen LogP contribution in [0.4, 0.5) is 15.8 Å². The number of ether oxygens (including phenoxy) is 1. The highest BCUT2D eigenvalue weighted by Crippen LogP contribution is 2.48. The van der Waals surface area contributed by atoms with Crippen molar-refractivity contribution in [1.29, 1.82) is 0 Å². The highest BCUT2D eigenvalue weighted by atomic mass is 19.1. The molecule has 0 aromatic heterocycles. The molecule has 0 N–H and O–H groups in total. The fourth-order valence-corrected chi connectivity index (χ4v) is 4.83. The van der Waals surface area contributed by atoms with E-state index >= 15 is 0 Å². The second-order valence-electron chi connectivity index (χ2n) is 8.01. The molecule has 0 aliphatic carbocycles. The molecule has 3 aliphatic heterocycles. The van der Waals surface area contributed by atoms with Gasteiger partial charge in [-0.3, -0.25) is 29.5 Å². The molecule has 3 heterocycles. The number of nitro benzene ring substituents is 1. The van der Waals surface area contributed by atoms with E-state index in [9.17, 15) is 28.9 Å². The van der Waals surface area contributed by atoms with Gasteiger partial charge in [-0.1, -0.05) is 6.08 Å². The number of carbonyl (C=O) groups is 3. The van der Waals surface area contributed by atoms with Crippen molar-refractivity contribution in [2.45, 2.75) is 12.1 Å². The Morgan fingerprint density at radius 3 is 2.50 bits per heavy atom. The molecule has 3 aliphatic rings. The second kappa shape index (κ2) is 7.87. The molecule has 172 valence electrons. The number of hydrogen-bond donors (Lipinski definition) is 0. The molecule has 0 saturated carbocycles. The van der Waals surface area contributed by atoms with Crippen LogP contribution in [0.3, 0.4) is 0 Å². The molecule has 0 spiro atoms. The molecule has 11 heteroatoms. The van der Waals surface area contributed by atoms with Gasteiger partial charge in [0.15, 0.2) is 5.78 Å². The molecule has 0 bridgehead atoms. The number of Topliss-reactive ketones (excluding diaryl/α,β-unsaturated/α-hetero) is 1. The molecule has 2 fully saturated rings. The minimum atomic E-state index is -1.12. The monoisotopic (exact) mass is 464 g/mol. The maximum atomic E-state index is 13.7. The molecule has 10 nitrogen and oxygen atoms in total. The lowest BCUT2D eigenvalue weighted by atomic mass is 9.86. The van der Waals surface area contributed by atoms with E-state index in [1.54, 1.807) is 12.2 Å². The minimum Gasteiger partial charge on any atom is -0.495 e. The summed E-state index contributed by atoms with van der Waals surface area (Å²) in [6.07, 6.45) is 4.76. The summed E-state index contributed by atoms with van der Waals surface area (Å²) in [6, 6.07) is 6.72. The maximum absolute atomic E-state index is 13.7. The predicted molar refractivity (Wildman–Crippen MR) is 117 cm³/mol. The van der Waals surface area contributed by atoms with Gasteiger partial charge in [-0.15, -0.1) is 0 Å². The maximum Gasteiger partial charge on any atom is 0.271 e. The molecular formula is C23H17FN4O6. The summed E-state index contributed by atoms with van der Waals surface area (Å²) < 4.78 is 18.7. The number of fused-ring (bicyclic) bond motifs is 3. The average molecular weight is 464 g/mol.